The van der Waals surface area contributed by atoms with Crippen LogP contribution in [0.25, 0.3) is 0 Å². The Balaban J connectivity index is 2.04. The number of methoxy groups -OCH3 is 2. The van der Waals surface area contributed by atoms with Gasteiger partial charge in [0.25, 0.3) is 0 Å². The fourth-order valence-electron chi connectivity index (χ4n) is 2.59. The van der Waals surface area contributed by atoms with E-state index in [1.165, 1.54) is 0 Å². The molecule has 0 spiro atoms. The van der Waals surface area contributed by atoms with E-state index in [4.69, 9.17) is 9.47 Å². The Morgan fingerprint density at radius 2 is 1.00 bits per heavy atom. The molecule has 0 aliphatic carbocycles. The molecule has 10 heteroatoms. The van der Waals surface area contributed by atoms with E-state index in [2.05, 4.69) is 20.1 Å². The Kier molecular flexibility index (Phi) is 9.51. The van der Waals surface area contributed by atoms with Crippen molar-refractivity contribution in [3.05, 3.63) is 71.8 Å². The molecule has 2 unspecified atom stereocenters. The monoisotopic (exact) mass is 444 g/mol. The highest BCUT2D eigenvalue weighted by molar-refractivity contribution is 5.92. The van der Waals surface area contributed by atoms with Crippen LogP contribution < -0.4 is 10.6 Å². The Morgan fingerprint density at radius 3 is 1.31 bits per heavy atom. The van der Waals surface area contributed by atoms with Crippen LogP contribution in [0.5, 0.6) is 0 Å². The maximum Gasteiger partial charge on any atom is 0.408 e. The number of amides is 2. The number of rotatable bonds is 9. The van der Waals surface area contributed by atoms with Gasteiger partial charge in [-0.05, 0) is 11.1 Å². The summed E-state index contributed by atoms with van der Waals surface area (Å²) in [5.41, 5.74) is 1.42. The molecular formula is C22H24N2O8. The average molecular weight is 444 g/mol. The van der Waals surface area contributed by atoms with Crippen molar-refractivity contribution >= 4 is 24.1 Å². The van der Waals surface area contributed by atoms with Gasteiger partial charge in [0.05, 0.1) is 14.2 Å². The summed E-state index contributed by atoms with van der Waals surface area (Å²) < 4.78 is 19.5. The molecule has 0 bridgehead atoms. The zero-order valence-electron chi connectivity index (χ0n) is 17.6. The number of alkyl carbamates (subject to hydrolysis) is 2. The lowest BCUT2D eigenvalue weighted by molar-refractivity contribution is -0.151. The molecule has 2 amide bonds. The molecule has 2 N–H and O–H groups in total. The molecule has 2 atom stereocenters. The van der Waals surface area contributed by atoms with Crippen LogP contribution >= 0.6 is 0 Å². The third-order valence-corrected chi connectivity index (χ3v) is 4.22. The summed E-state index contributed by atoms with van der Waals surface area (Å²) in [4.78, 5) is 48.9. The quantitative estimate of drug-likeness (QED) is 0.443. The van der Waals surface area contributed by atoms with Crippen molar-refractivity contribution in [2.24, 2.45) is 0 Å². The molecule has 32 heavy (non-hydrogen) atoms. The first-order valence-electron chi connectivity index (χ1n) is 9.54. The smallest absolute Gasteiger partial charge is 0.408 e. The third kappa shape index (κ3) is 7.63. The van der Waals surface area contributed by atoms with Crippen molar-refractivity contribution in [1.29, 1.82) is 0 Å². The van der Waals surface area contributed by atoms with Gasteiger partial charge >= 0.3 is 24.1 Å². The normalized spacial score (nSPS) is 11.9. The molecule has 0 radical (unpaired) electrons. The van der Waals surface area contributed by atoms with Gasteiger partial charge in [-0.25, -0.2) is 19.2 Å². The predicted molar refractivity (Wildman–Crippen MR) is 111 cm³/mol. The second kappa shape index (κ2) is 12.6. The first-order chi connectivity index (χ1) is 15.4. The molecule has 0 aliphatic rings. The van der Waals surface area contributed by atoms with Gasteiger partial charge in [-0.15, -0.1) is 0 Å². The zero-order valence-corrected chi connectivity index (χ0v) is 17.6. The van der Waals surface area contributed by atoms with Crippen LogP contribution in [0, 0.1) is 0 Å². The number of esters is 2. The zero-order chi connectivity index (χ0) is 23.3. The topological polar surface area (TPSA) is 129 Å². The fraction of sp³-hybridized carbons (Fsp3) is 0.273. The van der Waals surface area contributed by atoms with E-state index in [1.807, 2.05) is 0 Å². The van der Waals surface area contributed by atoms with E-state index in [1.54, 1.807) is 60.7 Å². The highest BCUT2D eigenvalue weighted by Crippen LogP contribution is 2.06. The number of hydrogen-bond acceptors (Lipinski definition) is 8. The molecule has 2 aromatic rings. The van der Waals surface area contributed by atoms with Crippen LogP contribution in [-0.4, -0.2) is 50.4 Å². The third-order valence-electron chi connectivity index (χ3n) is 4.22. The molecule has 0 fully saturated rings. The number of ether oxygens (including phenoxy) is 4. The minimum Gasteiger partial charge on any atom is -0.467 e. The summed E-state index contributed by atoms with van der Waals surface area (Å²) in [6.45, 7) is -0.147. The fourth-order valence-corrected chi connectivity index (χ4v) is 2.59. The van der Waals surface area contributed by atoms with Crippen molar-refractivity contribution < 1.29 is 38.1 Å². The second-order valence-electron chi connectivity index (χ2n) is 6.41. The van der Waals surface area contributed by atoms with E-state index in [-0.39, 0.29) is 13.2 Å². The summed E-state index contributed by atoms with van der Waals surface area (Å²) >= 11 is 0. The van der Waals surface area contributed by atoms with Gasteiger partial charge in [0.1, 0.15) is 13.2 Å². The van der Waals surface area contributed by atoms with Gasteiger partial charge < -0.3 is 29.6 Å². The van der Waals surface area contributed by atoms with Crippen molar-refractivity contribution in [2.75, 3.05) is 14.2 Å². The van der Waals surface area contributed by atoms with Crippen LogP contribution in [0.3, 0.4) is 0 Å². The number of benzene rings is 2. The molecular weight excluding hydrogens is 420 g/mol. The van der Waals surface area contributed by atoms with Crippen LogP contribution in [-0.2, 0) is 41.8 Å². The standard InChI is InChI=1S/C22H24N2O8/c1-29-19(25)17(23-21(27)31-13-15-9-5-3-6-10-15)18(20(26)30-2)24-22(28)32-14-16-11-7-4-8-12-16/h3-12,17-18H,13-14H2,1-2H3,(H,23,27)(H,24,28). The van der Waals surface area contributed by atoms with Gasteiger partial charge in [-0.2, -0.15) is 0 Å². The van der Waals surface area contributed by atoms with Crippen LogP contribution in [0.4, 0.5) is 9.59 Å². The van der Waals surface area contributed by atoms with Gasteiger partial charge in [-0.3, -0.25) is 0 Å². The summed E-state index contributed by atoms with van der Waals surface area (Å²) in [5, 5.41) is 4.45. The van der Waals surface area contributed by atoms with Crippen LogP contribution in [0.15, 0.2) is 60.7 Å². The summed E-state index contributed by atoms with van der Waals surface area (Å²) in [7, 11) is 2.13. The lowest BCUT2D eigenvalue weighted by Crippen LogP contribution is -2.59. The second-order valence-corrected chi connectivity index (χ2v) is 6.41. The summed E-state index contributed by atoms with van der Waals surface area (Å²) in [6, 6.07) is 14.4. The summed E-state index contributed by atoms with van der Waals surface area (Å²) in [5.74, 6) is -2.00. The van der Waals surface area contributed by atoms with E-state index in [9.17, 15) is 19.2 Å². The van der Waals surface area contributed by atoms with Crippen molar-refractivity contribution in [3.63, 3.8) is 0 Å². The molecule has 0 saturated carbocycles. The molecule has 0 heterocycles. The molecule has 0 saturated heterocycles. The minimum absolute atomic E-state index is 0.0734. The first kappa shape index (κ1) is 24.2. The largest absolute Gasteiger partial charge is 0.467 e. The number of nitrogens with one attached hydrogen (secondary N) is 2. The maximum absolute atomic E-state index is 12.3. The Labute approximate surface area is 184 Å². The van der Waals surface area contributed by atoms with Gasteiger partial charge in [-0.1, -0.05) is 60.7 Å². The van der Waals surface area contributed by atoms with Crippen molar-refractivity contribution in [2.45, 2.75) is 25.3 Å². The SMILES string of the molecule is COC(=O)C(NC(=O)OCc1ccccc1)C(NC(=O)OCc1ccccc1)C(=O)OC. The Bertz CT molecular complexity index is 829. The lowest BCUT2D eigenvalue weighted by atomic mass is 10.1. The molecule has 2 aromatic carbocycles. The first-order valence-corrected chi connectivity index (χ1v) is 9.54. The number of hydrogen-bond donors (Lipinski definition) is 2. The Hall–Kier alpha value is -4.08. The van der Waals surface area contributed by atoms with E-state index in [0.717, 1.165) is 14.2 Å². The molecule has 0 aromatic heterocycles. The Morgan fingerprint density at radius 1 is 0.656 bits per heavy atom. The van der Waals surface area contributed by atoms with E-state index >= 15 is 0 Å². The minimum atomic E-state index is -1.63. The van der Waals surface area contributed by atoms with Crippen molar-refractivity contribution in [3.8, 4) is 0 Å². The molecule has 0 aliphatic heterocycles. The van der Waals surface area contributed by atoms with Gasteiger partial charge in [0.2, 0.25) is 0 Å². The number of carbonyl (C=O) groups is 4. The molecule has 2 rings (SSSR count). The highest BCUT2D eigenvalue weighted by Gasteiger charge is 2.39. The summed E-state index contributed by atoms with van der Waals surface area (Å²) in [6.07, 6.45) is -2.00. The van der Waals surface area contributed by atoms with Gasteiger partial charge in [0, 0.05) is 0 Å². The maximum atomic E-state index is 12.3. The van der Waals surface area contributed by atoms with Crippen LogP contribution in [0.1, 0.15) is 11.1 Å². The molecule has 10 nitrogen and oxygen atoms in total. The predicted octanol–water partition coefficient (Wildman–Crippen LogP) is 1.92. The van der Waals surface area contributed by atoms with Crippen molar-refractivity contribution in [1.82, 2.24) is 10.6 Å². The average Bonchev–Trinajstić information content (AvgIpc) is 2.83. The molecule has 170 valence electrons. The van der Waals surface area contributed by atoms with E-state index in [0.29, 0.717) is 11.1 Å². The number of carbonyl (C=O) groups excluding carboxylic acids is 4. The lowest BCUT2D eigenvalue weighted by Gasteiger charge is -2.24. The highest BCUT2D eigenvalue weighted by atomic mass is 16.6. The van der Waals surface area contributed by atoms with Gasteiger partial charge in [0.15, 0.2) is 12.1 Å². The van der Waals surface area contributed by atoms with Crippen LogP contribution in [0.2, 0.25) is 0 Å². The van der Waals surface area contributed by atoms with E-state index < -0.39 is 36.2 Å².